The van der Waals surface area contributed by atoms with Gasteiger partial charge < -0.3 is 44.8 Å². The molecule has 0 bridgehead atoms. The summed E-state index contributed by atoms with van der Waals surface area (Å²) in [6, 6.07) is 0. The standard InChI is InChI=1S/C16H28O9/c1-6-8(18)3-7-10(6)14(23-5-16(7,2)22)25-15-13(21)12(20)11(19)9(4-17)24-15/h6-15,17-22H,3-5H2,1-2H3/t6-,7-,8+,9+,10+,11+,12-,13+,14-,15-,16+/m0/s1. The Morgan fingerprint density at radius 3 is 2.40 bits per heavy atom. The van der Waals surface area contributed by atoms with Gasteiger partial charge in [-0.3, -0.25) is 0 Å². The van der Waals surface area contributed by atoms with E-state index in [1.54, 1.807) is 6.92 Å². The number of rotatable bonds is 3. The second-order valence-electron chi connectivity index (χ2n) is 7.72. The lowest BCUT2D eigenvalue weighted by molar-refractivity contribution is -0.363. The SMILES string of the molecule is C[C@@H]1[C@H]2[C@H](O[C@@H]3O[C@H](CO)[C@@H](O)[C@H](O)[C@H]3O)OC[C@@](C)(O)[C@H]2C[C@H]1O. The van der Waals surface area contributed by atoms with Crippen molar-refractivity contribution in [2.24, 2.45) is 17.8 Å². The van der Waals surface area contributed by atoms with Crippen LogP contribution in [-0.2, 0) is 14.2 Å². The highest BCUT2D eigenvalue weighted by molar-refractivity contribution is 5.02. The summed E-state index contributed by atoms with van der Waals surface area (Å²) in [5.74, 6) is -0.779. The number of hydrogen-bond donors (Lipinski definition) is 6. The van der Waals surface area contributed by atoms with E-state index in [1.807, 2.05) is 6.92 Å². The lowest BCUT2D eigenvalue weighted by Gasteiger charge is -2.47. The van der Waals surface area contributed by atoms with E-state index in [9.17, 15) is 30.6 Å². The van der Waals surface area contributed by atoms with Crippen molar-refractivity contribution in [1.29, 1.82) is 0 Å². The normalized spacial score (nSPS) is 56.6. The Balaban J connectivity index is 1.75. The van der Waals surface area contributed by atoms with Crippen LogP contribution in [0.15, 0.2) is 0 Å². The summed E-state index contributed by atoms with van der Waals surface area (Å²) in [4.78, 5) is 0. The summed E-state index contributed by atoms with van der Waals surface area (Å²) in [5.41, 5.74) is -1.11. The first-order valence-electron chi connectivity index (χ1n) is 8.65. The first-order chi connectivity index (χ1) is 11.7. The van der Waals surface area contributed by atoms with E-state index in [2.05, 4.69) is 0 Å². The first kappa shape index (κ1) is 19.4. The summed E-state index contributed by atoms with van der Waals surface area (Å²) >= 11 is 0. The van der Waals surface area contributed by atoms with E-state index in [4.69, 9.17) is 14.2 Å². The van der Waals surface area contributed by atoms with E-state index < -0.39 is 55.3 Å². The van der Waals surface area contributed by atoms with Gasteiger partial charge in [-0.05, 0) is 19.3 Å². The summed E-state index contributed by atoms with van der Waals surface area (Å²) in [5, 5.41) is 59.8. The average Bonchev–Trinajstić information content (AvgIpc) is 2.87. The van der Waals surface area contributed by atoms with Crippen LogP contribution in [0.4, 0.5) is 0 Å². The van der Waals surface area contributed by atoms with Crippen LogP contribution in [0.2, 0.25) is 0 Å². The molecule has 3 fully saturated rings. The summed E-state index contributed by atoms with van der Waals surface area (Å²) in [6.45, 7) is 2.94. The molecule has 0 spiro atoms. The van der Waals surface area contributed by atoms with Crippen LogP contribution in [0, 0.1) is 17.8 Å². The highest BCUT2D eigenvalue weighted by Crippen LogP contribution is 2.49. The zero-order valence-corrected chi connectivity index (χ0v) is 14.3. The Hall–Kier alpha value is -0.360. The van der Waals surface area contributed by atoms with Gasteiger partial charge in [-0.15, -0.1) is 0 Å². The maximum Gasteiger partial charge on any atom is 0.189 e. The highest BCUT2D eigenvalue weighted by atomic mass is 16.8. The molecule has 11 atom stereocenters. The molecule has 1 aliphatic carbocycles. The van der Waals surface area contributed by atoms with Crippen LogP contribution >= 0.6 is 0 Å². The number of hydrogen-bond acceptors (Lipinski definition) is 9. The van der Waals surface area contributed by atoms with Crippen molar-refractivity contribution in [3.8, 4) is 0 Å². The van der Waals surface area contributed by atoms with Crippen molar-refractivity contribution in [3.63, 3.8) is 0 Å². The van der Waals surface area contributed by atoms with Crippen molar-refractivity contribution >= 4 is 0 Å². The minimum atomic E-state index is -1.54. The molecule has 0 amide bonds. The largest absolute Gasteiger partial charge is 0.394 e. The molecule has 0 aromatic heterocycles. The van der Waals surface area contributed by atoms with Gasteiger partial charge >= 0.3 is 0 Å². The molecule has 2 heterocycles. The van der Waals surface area contributed by atoms with Crippen LogP contribution in [0.5, 0.6) is 0 Å². The van der Waals surface area contributed by atoms with Crippen LogP contribution in [0.3, 0.4) is 0 Å². The molecule has 3 aliphatic rings. The molecule has 1 saturated carbocycles. The lowest BCUT2D eigenvalue weighted by atomic mass is 9.77. The van der Waals surface area contributed by atoms with Gasteiger partial charge in [-0.2, -0.15) is 0 Å². The summed E-state index contributed by atoms with van der Waals surface area (Å²) < 4.78 is 16.7. The van der Waals surface area contributed by atoms with Gasteiger partial charge in [0.15, 0.2) is 12.6 Å². The topological polar surface area (TPSA) is 149 Å². The van der Waals surface area contributed by atoms with Crippen LogP contribution in [0.1, 0.15) is 20.3 Å². The molecule has 2 saturated heterocycles. The molecule has 0 aromatic carbocycles. The zero-order valence-electron chi connectivity index (χ0n) is 14.3. The van der Waals surface area contributed by atoms with E-state index in [0.29, 0.717) is 6.42 Å². The number of aliphatic hydroxyl groups excluding tert-OH is 5. The molecule has 0 unspecified atom stereocenters. The molecule has 9 nitrogen and oxygen atoms in total. The van der Waals surface area contributed by atoms with Crippen LogP contribution in [0.25, 0.3) is 0 Å². The molecule has 25 heavy (non-hydrogen) atoms. The van der Waals surface area contributed by atoms with Crippen molar-refractivity contribution in [2.45, 2.75) is 69.0 Å². The molecule has 0 aromatic rings. The molecule has 146 valence electrons. The minimum Gasteiger partial charge on any atom is -0.394 e. The van der Waals surface area contributed by atoms with E-state index in [0.717, 1.165) is 0 Å². The Bertz CT molecular complexity index is 471. The Morgan fingerprint density at radius 1 is 1.08 bits per heavy atom. The smallest absolute Gasteiger partial charge is 0.189 e. The number of fused-ring (bicyclic) bond motifs is 1. The fourth-order valence-electron chi connectivity index (χ4n) is 4.27. The van der Waals surface area contributed by atoms with Crippen LogP contribution < -0.4 is 0 Å². The minimum absolute atomic E-state index is 0.00427. The Labute approximate surface area is 145 Å². The number of ether oxygens (including phenoxy) is 3. The zero-order chi connectivity index (χ0) is 18.5. The molecular formula is C16H28O9. The van der Waals surface area contributed by atoms with E-state index in [-0.39, 0.29) is 24.4 Å². The van der Waals surface area contributed by atoms with Gasteiger partial charge in [0.25, 0.3) is 0 Å². The molecule has 3 rings (SSSR count). The third-order valence-corrected chi connectivity index (χ3v) is 5.94. The van der Waals surface area contributed by atoms with Crippen molar-refractivity contribution in [3.05, 3.63) is 0 Å². The highest BCUT2D eigenvalue weighted by Gasteiger charge is 2.56. The monoisotopic (exact) mass is 364 g/mol. The predicted octanol–water partition coefficient (Wildman–Crippen LogP) is -2.46. The van der Waals surface area contributed by atoms with Crippen LogP contribution in [-0.4, -0.2) is 92.6 Å². The van der Waals surface area contributed by atoms with Gasteiger partial charge in [0.05, 0.1) is 24.9 Å². The molecule has 9 heteroatoms. The van der Waals surface area contributed by atoms with Gasteiger partial charge in [-0.25, -0.2) is 0 Å². The van der Waals surface area contributed by atoms with Crippen molar-refractivity contribution in [2.75, 3.05) is 13.2 Å². The average molecular weight is 364 g/mol. The summed E-state index contributed by atoms with van der Waals surface area (Å²) in [6.07, 6.45) is -7.96. The van der Waals surface area contributed by atoms with Gasteiger partial charge in [-0.1, -0.05) is 6.92 Å². The third kappa shape index (κ3) is 3.33. The third-order valence-electron chi connectivity index (χ3n) is 5.94. The van der Waals surface area contributed by atoms with Gasteiger partial charge in [0.2, 0.25) is 0 Å². The number of aliphatic hydroxyl groups is 6. The molecule has 6 N–H and O–H groups in total. The Morgan fingerprint density at radius 2 is 1.76 bits per heavy atom. The molecule has 0 radical (unpaired) electrons. The fourth-order valence-corrected chi connectivity index (χ4v) is 4.27. The maximum absolute atomic E-state index is 10.5. The van der Waals surface area contributed by atoms with Crippen molar-refractivity contribution < 1.29 is 44.8 Å². The van der Waals surface area contributed by atoms with Gasteiger partial charge in [0, 0.05) is 11.8 Å². The molecular weight excluding hydrogens is 336 g/mol. The first-order valence-corrected chi connectivity index (χ1v) is 8.65. The molecule has 2 aliphatic heterocycles. The predicted molar refractivity (Wildman–Crippen MR) is 82.0 cm³/mol. The van der Waals surface area contributed by atoms with E-state index >= 15 is 0 Å². The second-order valence-corrected chi connectivity index (χ2v) is 7.72. The second kappa shape index (κ2) is 6.99. The van der Waals surface area contributed by atoms with E-state index in [1.165, 1.54) is 0 Å². The lowest BCUT2D eigenvalue weighted by Crippen LogP contribution is -2.61. The van der Waals surface area contributed by atoms with Gasteiger partial charge in [0.1, 0.15) is 24.4 Å². The fraction of sp³-hybridized carbons (Fsp3) is 1.00. The Kier molecular flexibility index (Phi) is 5.42. The quantitative estimate of drug-likeness (QED) is 0.321. The van der Waals surface area contributed by atoms with Crippen molar-refractivity contribution in [1.82, 2.24) is 0 Å². The summed E-state index contributed by atoms with van der Waals surface area (Å²) in [7, 11) is 0. The maximum atomic E-state index is 10.5.